The fraction of sp³-hybridized carbons (Fsp3) is 0.348. The molecule has 1 N–H and O–H groups in total. The van der Waals surface area contributed by atoms with Crippen LogP contribution in [0.3, 0.4) is 0 Å². The predicted molar refractivity (Wildman–Crippen MR) is 115 cm³/mol. The molecule has 0 aliphatic rings. The molecule has 3 aromatic rings. The third kappa shape index (κ3) is 4.79. The largest absolute Gasteiger partial charge is 0.490 e. The zero-order valence-electron chi connectivity index (χ0n) is 17.6. The average Bonchev–Trinajstić information content (AvgIpc) is 2.76. The van der Waals surface area contributed by atoms with Crippen molar-refractivity contribution in [1.82, 2.24) is 14.7 Å². The summed E-state index contributed by atoms with van der Waals surface area (Å²) in [4.78, 5) is 29.6. The van der Waals surface area contributed by atoms with Crippen LogP contribution in [0.1, 0.15) is 55.6 Å². The fourth-order valence-corrected chi connectivity index (χ4v) is 2.99. The smallest absolute Gasteiger partial charge is 0.270 e. The number of nitrogens with one attached hydrogen (secondary N) is 1. The van der Waals surface area contributed by atoms with Crippen LogP contribution in [0.15, 0.2) is 53.6 Å². The highest BCUT2D eigenvalue weighted by Gasteiger charge is 2.18. The van der Waals surface area contributed by atoms with Crippen molar-refractivity contribution in [2.75, 3.05) is 13.2 Å². The number of amides is 1. The predicted octanol–water partition coefficient (Wildman–Crippen LogP) is 3.76. The molecule has 1 amide bonds. The number of aromatic nitrogens is 2. The van der Waals surface area contributed by atoms with Crippen LogP contribution < -0.4 is 20.3 Å². The first-order chi connectivity index (χ1) is 14.5. The van der Waals surface area contributed by atoms with Gasteiger partial charge in [0, 0.05) is 12.4 Å². The monoisotopic (exact) mass is 409 g/mol. The van der Waals surface area contributed by atoms with E-state index in [1.807, 2.05) is 39.0 Å². The Labute approximate surface area is 175 Å². The van der Waals surface area contributed by atoms with E-state index in [1.54, 1.807) is 24.4 Å². The molecule has 2 aromatic heterocycles. The van der Waals surface area contributed by atoms with Gasteiger partial charge in [0.15, 0.2) is 11.5 Å². The Balaban J connectivity index is 1.81. The molecule has 0 aliphatic heterocycles. The Kier molecular flexibility index (Phi) is 7.06. The van der Waals surface area contributed by atoms with Gasteiger partial charge in [0.1, 0.15) is 11.2 Å². The second-order valence-corrected chi connectivity index (χ2v) is 7.00. The van der Waals surface area contributed by atoms with Crippen LogP contribution in [0.4, 0.5) is 0 Å². The Morgan fingerprint density at radius 3 is 2.57 bits per heavy atom. The Bertz CT molecular complexity index is 1080. The van der Waals surface area contributed by atoms with Gasteiger partial charge in [0.2, 0.25) is 0 Å². The molecule has 0 saturated heterocycles. The minimum Gasteiger partial charge on any atom is -0.490 e. The molecule has 158 valence electrons. The molecular formula is C23H27N3O4. The average molecular weight is 409 g/mol. The Morgan fingerprint density at radius 1 is 1.10 bits per heavy atom. The van der Waals surface area contributed by atoms with Gasteiger partial charge in [0.25, 0.3) is 11.5 Å². The van der Waals surface area contributed by atoms with Crippen molar-refractivity contribution in [3.8, 4) is 11.5 Å². The molecule has 7 nitrogen and oxygen atoms in total. The first-order valence-corrected chi connectivity index (χ1v) is 10.2. The number of hydrogen-bond donors (Lipinski definition) is 1. The maximum atomic E-state index is 12.7. The van der Waals surface area contributed by atoms with E-state index >= 15 is 0 Å². The maximum Gasteiger partial charge on any atom is 0.270 e. The summed E-state index contributed by atoms with van der Waals surface area (Å²) in [6.07, 6.45) is 4.69. The third-order valence-electron chi connectivity index (χ3n) is 4.60. The number of fused-ring (bicyclic) bond motifs is 1. The van der Waals surface area contributed by atoms with Crippen molar-refractivity contribution in [3.05, 3.63) is 70.3 Å². The highest BCUT2D eigenvalue weighted by molar-refractivity contribution is 5.94. The Hall–Kier alpha value is -3.35. The van der Waals surface area contributed by atoms with Gasteiger partial charge >= 0.3 is 0 Å². The van der Waals surface area contributed by atoms with Gasteiger partial charge in [0.05, 0.1) is 19.3 Å². The van der Waals surface area contributed by atoms with Gasteiger partial charge in [-0.25, -0.2) is 4.98 Å². The topological polar surface area (TPSA) is 81.9 Å². The lowest BCUT2D eigenvalue weighted by atomic mass is 10.1. The highest BCUT2D eigenvalue weighted by Crippen LogP contribution is 2.31. The minimum atomic E-state index is -0.472. The normalized spacial score (nSPS) is 11.8. The van der Waals surface area contributed by atoms with Crippen molar-refractivity contribution < 1.29 is 14.3 Å². The molecule has 1 atom stereocenters. The first kappa shape index (κ1) is 21.4. The zero-order valence-corrected chi connectivity index (χ0v) is 17.6. The van der Waals surface area contributed by atoms with E-state index in [4.69, 9.17) is 9.47 Å². The summed E-state index contributed by atoms with van der Waals surface area (Å²) in [7, 11) is 0. The molecular weight excluding hydrogens is 382 g/mol. The SMILES string of the molecule is CCCOc1ccc(C(C)NC(=O)c2cnc3ccccn3c2=O)cc1OCCC. The molecule has 1 aromatic carbocycles. The number of ether oxygens (including phenoxy) is 2. The van der Waals surface area contributed by atoms with Gasteiger partial charge in [-0.1, -0.05) is 26.0 Å². The molecule has 0 spiro atoms. The lowest BCUT2D eigenvalue weighted by Gasteiger charge is -2.18. The van der Waals surface area contributed by atoms with E-state index in [1.165, 1.54) is 10.6 Å². The highest BCUT2D eigenvalue weighted by atomic mass is 16.5. The van der Waals surface area contributed by atoms with Crippen LogP contribution in [0.5, 0.6) is 11.5 Å². The standard InChI is InChI=1S/C23H27N3O4/c1-4-12-29-19-10-9-17(14-20(19)30-13-5-2)16(3)25-22(27)18-15-24-21-8-6-7-11-26(21)23(18)28/h6-11,14-16H,4-5,12-13H2,1-3H3,(H,25,27). The van der Waals surface area contributed by atoms with E-state index < -0.39 is 11.5 Å². The molecule has 0 radical (unpaired) electrons. The van der Waals surface area contributed by atoms with Crippen molar-refractivity contribution in [1.29, 1.82) is 0 Å². The van der Waals surface area contributed by atoms with Gasteiger partial charge in [-0.3, -0.25) is 14.0 Å². The van der Waals surface area contributed by atoms with Crippen LogP contribution in [0.2, 0.25) is 0 Å². The molecule has 0 saturated carbocycles. The van der Waals surface area contributed by atoms with Crippen LogP contribution in [-0.2, 0) is 0 Å². The van der Waals surface area contributed by atoms with Gasteiger partial charge in [-0.2, -0.15) is 0 Å². The molecule has 30 heavy (non-hydrogen) atoms. The van der Waals surface area contributed by atoms with E-state index in [2.05, 4.69) is 10.3 Å². The summed E-state index contributed by atoms with van der Waals surface area (Å²) in [6, 6.07) is 10.5. The van der Waals surface area contributed by atoms with E-state index in [0.717, 1.165) is 18.4 Å². The summed E-state index contributed by atoms with van der Waals surface area (Å²) >= 11 is 0. The van der Waals surface area contributed by atoms with Gasteiger partial charge < -0.3 is 14.8 Å². The fourth-order valence-electron chi connectivity index (χ4n) is 2.99. The van der Waals surface area contributed by atoms with Crippen molar-refractivity contribution in [2.24, 2.45) is 0 Å². The van der Waals surface area contributed by atoms with Gasteiger partial charge in [-0.05, 0) is 49.6 Å². The zero-order chi connectivity index (χ0) is 21.5. The summed E-state index contributed by atoms with van der Waals surface area (Å²) in [5.74, 6) is 0.862. The summed E-state index contributed by atoms with van der Waals surface area (Å²) in [6.45, 7) is 7.12. The van der Waals surface area contributed by atoms with Crippen LogP contribution in [0.25, 0.3) is 5.65 Å². The lowest BCUT2D eigenvalue weighted by Crippen LogP contribution is -2.33. The van der Waals surface area contributed by atoms with Crippen LogP contribution in [0, 0.1) is 0 Å². The molecule has 0 bridgehead atoms. The van der Waals surface area contributed by atoms with Gasteiger partial charge in [-0.15, -0.1) is 0 Å². The van der Waals surface area contributed by atoms with Crippen LogP contribution >= 0.6 is 0 Å². The third-order valence-corrected chi connectivity index (χ3v) is 4.60. The van der Waals surface area contributed by atoms with Crippen molar-refractivity contribution >= 4 is 11.6 Å². The molecule has 2 heterocycles. The Morgan fingerprint density at radius 2 is 1.83 bits per heavy atom. The number of benzene rings is 1. The molecule has 3 rings (SSSR count). The second-order valence-electron chi connectivity index (χ2n) is 7.00. The quantitative estimate of drug-likeness (QED) is 0.582. The number of nitrogens with zero attached hydrogens (tertiary/aromatic N) is 2. The summed E-state index contributed by atoms with van der Waals surface area (Å²) in [5, 5.41) is 2.88. The van der Waals surface area contributed by atoms with Crippen molar-refractivity contribution in [3.63, 3.8) is 0 Å². The van der Waals surface area contributed by atoms with Crippen molar-refractivity contribution in [2.45, 2.75) is 39.7 Å². The number of carbonyl (C=O) groups excluding carboxylic acids is 1. The number of pyridine rings is 1. The number of carbonyl (C=O) groups is 1. The summed E-state index contributed by atoms with van der Waals surface area (Å²) < 4.78 is 12.9. The number of rotatable bonds is 9. The minimum absolute atomic E-state index is 0.00379. The molecule has 0 aliphatic carbocycles. The molecule has 1 unspecified atom stereocenters. The number of hydrogen-bond acceptors (Lipinski definition) is 5. The lowest BCUT2D eigenvalue weighted by molar-refractivity contribution is 0.0937. The van der Waals surface area contributed by atoms with E-state index in [-0.39, 0.29) is 11.6 Å². The first-order valence-electron chi connectivity index (χ1n) is 10.2. The molecule has 0 fully saturated rings. The molecule has 7 heteroatoms. The summed E-state index contributed by atoms with van der Waals surface area (Å²) in [5.41, 5.74) is 0.941. The van der Waals surface area contributed by atoms with E-state index in [0.29, 0.717) is 30.4 Å². The maximum absolute atomic E-state index is 12.7. The van der Waals surface area contributed by atoms with E-state index in [9.17, 15) is 9.59 Å². The van der Waals surface area contributed by atoms with Crippen LogP contribution in [-0.4, -0.2) is 28.5 Å². The second kappa shape index (κ2) is 9.91.